The van der Waals surface area contributed by atoms with Crippen LogP contribution in [-0.2, 0) is 9.53 Å². The summed E-state index contributed by atoms with van der Waals surface area (Å²) in [5.74, 6) is -0.502. The van der Waals surface area contributed by atoms with Crippen molar-refractivity contribution in [1.82, 2.24) is 0 Å². The van der Waals surface area contributed by atoms with Crippen LogP contribution in [0.4, 0.5) is 5.69 Å². The maximum Gasteiger partial charge on any atom is 0.338 e. The molecule has 0 radical (unpaired) electrons. The van der Waals surface area contributed by atoms with Gasteiger partial charge < -0.3 is 9.64 Å². The lowest BCUT2D eigenvalue weighted by Crippen LogP contribution is -2.30. The van der Waals surface area contributed by atoms with Gasteiger partial charge in [-0.3, -0.25) is 4.79 Å². The molecule has 2 fully saturated rings. The second-order valence-corrected chi connectivity index (χ2v) is 7.67. The van der Waals surface area contributed by atoms with E-state index in [1.165, 1.54) is 0 Å². The highest BCUT2D eigenvalue weighted by Gasteiger charge is 2.50. The fourth-order valence-electron chi connectivity index (χ4n) is 4.28. The monoisotopic (exact) mass is 394 g/mol. The number of hydrogen-bond donors (Lipinski definition) is 0. The van der Waals surface area contributed by atoms with Gasteiger partial charge in [-0.1, -0.05) is 29.8 Å². The normalized spacial score (nSPS) is 23.4. The van der Waals surface area contributed by atoms with E-state index in [0.29, 0.717) is 41.1 Å². The molecule has 1 saturated heterocycles. The first-order valence-electron chi connectivity index (χ1n) is 9.28. The van der Waals surface area contributed by atoms with Crippen molar-refractivity contribution in [3.05, 3.63) is 64.2 Å². The third kappa shape index (κ3) is 3.04. The van der Waals surface area contributed by atoms with Gasteiger partial charge in [-0.2, -0.15) is 5.26 Å². The lowest BCUT2D eigenvalue weighted by atomic mass is 9.99. The number of rotatable bonds is 3. The minimum atomic E-state index is -0.352. The zero-order chi connectivity index (χ0) is 19.8. The zero-order valence-corrected chi connectivity index (χ0v) is 16.1. The molecule has 1 heterocycles. The van der Waals surface area contributed by atoms with Crippen molar-refractivity contribution >= 4 is 29.2 Å². The lowest BCUT2D eigenvalue weighted by Gasteiger charge is -2.23. The van der Waals surface area contributed by atoms with Gasteiger partial charge in [0.25, 0.3) is 0 Å². The second-order valence-electron chi connectivity index (χ2n) is 7.29. The maximum atomic E-state index is 13.0. The van der Waals surface area contributed by atoms with Crippen molar-refractivity contribution in [3.63, 3.8) is 0 Å². The van der Waals surface area contributed by atoms with Crippen LogP contribution in [0.5, 0.6) is 0 Å². The number of amides is 1. The van der Waals surface area contributed by atoms with Gasteiger partial charge in [-0.05, 0) is 49.6 Å². The number of hydrogen-bond acceptors (Lipinski definition) is 4. The highest BCUT2D eigenvalue weighted by Crippen LogP contribution is 2.44. The number of nitriles is 1. The molecule has 5 nitrogen and oxygen atoms in total. The molecule has 2 aromatic rings. The lowest BCUT2D eigenvalue weighted by molar-refractivity contribution is -0.120. The van der Waals surface area contributed by atoms with Crippen LogP contribution in [0.1, 0.15) is 34.3 Å². The Hall–Kier alpha value is -2.84. The fraction of sp³-hybridized carbons (Fsp3) is 0.318. The molecule has 142 valence electrons. The molecule has 6 heteroatoms. The molecule has 0 N–H and O–H groups in total. The number of anilines is 1. The van der Waals surface area contributed by atoms with Crippen LogP contribution in [0.2, 0.25) is 5.02 Å². The highest BCUT2D eigenvalue weighted by atomic mass is 35.5. The smallest absolute Gasteiger partial charge is 0.338 e. The van der Waals surface area contributed by atoms with E-state index in [4.69, 9.17) is 21.6 Å². The van der Waals surface area contributed by atoms with Gasteiger partial charge in [0.15, 0.2) is 0 Å². The van der Waals surface area contributed by atoms with Crippen LogP contribution in [0.15, 0.2) is 42.5 Å². The number of carbonyl (C=O) groups excluding carboxylic acids is 2. The Kier molecular flexibility index (Phi) is 4.82. The van der Waals surface area contributed by atoms with Gasteiger partial charge in [0.05, 0.1) is 16.1 Å². The largest absolute Gasteiger partial charge is 0.458 e. The molecule has 1 amide bonds. The summed E-state index contributed by atoms with van der Waals surface area (Å²) in [6, 6.07) is 14.4. The average Bonchev–Trinajstić information content (AvgIpc) is 3.25. The van der Waals surface area contributed by atoms with E-state index in [1.807, 2.05) is 13.0 Å². The predicted octanol–water partition coefficient (Wildman–Crippen LogP) is 4.12. The van der Waals surface area contributed by atoms with Crippen molar-refractivity contribution in [2.24, 2.45) is 11.8 Å². The number of benzene rings is 2. The van der Waals surface area contributed by atoms with Crippen molar-refractivity contribution in [3.8, 4) is 6.07 Å². The van der Waals surface area contributed by atoms with Gasteiger partial charge in [0, 0.05) is 24.1 Å². The molecule has 28 heavy (non-hydrogen) atoms. The summed E-state index contributed by atoms with van der Waals surface area (Å²) in [5.41, 5.74) is 2.34. The summed E-state index contributed by atoms with van der Waals surface area (Å²) >= 11 is 6.28. The Labute approximate surface area is 168 Å². The van der Waals surface area contributed by atoms with Gasteiger partial charge in [0.2, 0.25) is 5.91 Å². The molecule has 0 unspecified atom stereocenters. The number of carbonyl (C=O) groups is 2. The Morgan fingerprint density at radius 1 is 1.21 bits per heavy atom. The summed E-state index contributed by atoms with van der Waals surface area (Å²) in [5, 5.41) is 9.50. The number of halogens is 1. The Morgan fingerprint density at radius 3 is 2.68 bits per heavy atom. The molecule has 0 spiro atoms. The predicted molar refractivity (Wildman–Crippen MR) is 105 cm³/mol. The van der Waals surface area contributed by atoms with E-state index in [0.717, 1.165) is 5.69 Å². The fourth-order valence-corrected chi connectivity index (χ4v) is 4.48. The molecule has 0 bridgehead atoms. The summed E-state index contributed by atoms with van der Waals surface area (Å²) in [6.45, 7) is 2.30. The summed E-state index contributed by atoms with van der Waals surface area (Å²) in [4.78, 5) is 27.1. The quantitative estimate of drug-likeness (QED) is 0.734. The average molecular weight is 395 g/mol. The molecule has 2 aromatic carbocycles. The molecular formula is C22H19ClN2O3. The van der Waals surface area contributed by atoms with E-state index < -0.39 is 0 Å². The minimum absolute atomic E-state index is 0.0334. The van der Waals surface area contributed by atoms with E-state index in [-0.39, 0.29) is 29.8 Å². The minimum Gasteiger partial charge on any atom is -0.458 e. The van der Waals surface area contributed by atoms with Gasteiger partial charge in [-0.15, -0.1) is 0 Å². The van der Waals surface area contributed by atoms with Crippen molar-refractivity contribution in [2.75, 3.05) is 11.4 Å². The molecule has 2 aliphatic rings. The van der Waals surface area contributed by atoms with Crippen molar-refractivity contribution < 1.29 is 14.3 Å². The molecule has 1 saturated carbocycles. The SMILES string of the molecule is Cc1c(N2C[C@@H]3[C@@H](OC(=O)c4ccccc4)CC[C@@H]3C2=O)ccc(C#N)c1Cl. The number of ether oxygens (including phenoxy) is 1. The first-order chi connectivity index (χ1) is 13.5. The number of fused-ring (bicyclic) bond motifs is 1. The molecular weight excluding hydrogens is 376 g/mol. The molecule has 1 aliphatic carbocycles. The van der Waals surface area contributed by atoms with Crippen molar-refractivity contribution in [2.45, 2.75) is 25.9 Å². The first-order valence-corrected chi connectivity index (χ1v) is 9.65. The van der Waals surface area contributed by atoms with Crippen LogP contribution in [0.3, 0.4) is 0 Å². The van der Waals surface area contributed by atoms with Gasteiger partial charge in [0.1, 0.15) is 12.2 Å². The van der Waals surface area contributed by atoms with Crippen molar-refractivity contribution in [1.29, 1.82) is 5.26 Å². The molecule has 3 atom stereocenters. The number of esters is 1. The first kappa shape index (κ1) is 18.5. The van der Waals surface area contributed by atoms with E-state index in [9.17, 15) is 9.59 Å². The topological polar surface area (TPSA) is 70.4 Å². The maximum absolute atomic E-state index is 13.0. The van der Waals surface area contributed by atoms with Crippen LogP contribution < -0.4 is 4.90 Å². The van der Waals surface area contributed by atoms with E-state index in [2.05, 4.69) is 6.07 Å². The number of nitrogens with zero attached hydrogens (tertiary/aromatic N) is 2. The molecule has 4 rings (SSSR count). The van der Waals surface area contributed by atoms with E-state index in [1.54, 1.807) is 41.3 Å². The highest BCUT2D eigenvalue weighted by molar-refractivity contribution is 6.33. The third-order valence-electron chi connectivity index (χ3n) is 5.77. The van der Waals surface area contributed by atoms with Crippen LogP contribution in [0.25, 0.3) is 0 Å². The van der Waals surface area contributed by atoms with Crippen LogP contribution in [-0.4, -0.2) is 24.5 Å². The summed E-state index contributed by atoms with van der Waals surface area (Å²) < 4.78 is 5.75. The molecule has 0 aromatic heterocycles. The van der Waals surface area contributed by atoms with E-state index >= 15 is 0 Å². The Bertz CT molecular complexity index is 983. The third-order valence-corrected chi connectivity index (χ3v) is 6.26. The summed E-state index contributed by atoms with van der Waals surface area (Å²) in [6.07, 6.45) is 1.12. The standard InChI is InChI=1S/C22H19ClN2O3/c1-13-18(9-7-15(11-24)20(13)23)25-12-17-16(21(25)26)8-10-19(17)28-22(27)14-5-3-2-4-6-14/h2-7,9,16-17,19H,8,10,12H2,1H3/t16-,17-,19-/m0/s1. The van der Waals surface area contributed by atoms with Crippen LogP contribution in [0, 0.1) is 30.1 Å². The summed E-state index contributed by atoms with van der Waals surface area (Å²) in [7, 11) is 0. The van der Waals surface area contributed by atoms with Crippen LogP contribution >= 0.6 is 11.6 Å². The Morgan fingerprint density at radius 2 is 1.96 bits per heavy atom. The van der Waals surface area contributed by atoms with Gasteiger partial charge >= 0.3 is 5.97 Å². The molecule has 1 aliphatic heterocycles. The second kappa shape index (κ2) is 7.29. The Balaban J connectivity index is 1.54. The zero-order valence-electron chi connectivity index (χ0n) is 15.4. The van der Waals surface area contributed by atoms with Gasteiger partial charge in [-0.25, -0.2) is 4.79 Å².